The zero-order valence-electron chi connectivity index (χ0n) is 19.3. The normalized spacial score (nSPS) is 18.7. The van der Waals surface area contributed by atoms with E-state index in [1.807, 2.05) is 43.3 Å². The summed E-state index contributed by atoms with van der Waals surface area (Å²) in [7, 11) is 0.163. The monoisotopic (exact) mass is 505 g/mol. The van der Waals surface area contributed by atoms with Crippen LogP contribution in [0.15, 0.2) is 47.4 Å². The second-order valence-corrected chi connectivity index (χ2v) is 11.1. The van der Waals surface area contributed by atoms with Crippen molar-refractivity contribution in [3.63, 3.8) is 0 Å². The molecule has 1 aromatic heterocycles. The molecule has 3 aromatic rings. The van der Waals surface area contributed by atoms with E-state index in [1.54, 1.807) is 0 Å². The maximum atomic E-state index is 13.2. The molecule has 0 saturated heterocycles. The van der Waals surface area contributed by atoms with Gasteiger partial charge in [-0.2, -0.15) is 4.98 Å². The highest BCUT2D eigenvalue weighted by Gasteiger charge is 2.24. The number of aromatic nitrogens is 2. The molecule has 0 spiro atoms. The number of halogens is 2. The molecule has 4 rings (SSSR count). The number of rotatable bonds is 8. The van der Waals surface area contributed by atoms with E-state index in [9.17, 15) is 12.8 Å². The molecule has 182 valence electrons. The Hall–Kier alpha value is -2.49. The third-order valence-electron chi connectivity index (χ3n) is 6.27. The van der Waals surface area contributed by atoms with Gasteiger partial charge in [0.25, 0.3) is 0 Å². The molecule has 1 heterocycles. The van der Waals surface area contributed by atoms with Gasteiger partial charge in [0, 0.05) is 32.6 Å². The SMILES string of the molecule is CN(C)c1nc(NC[C@H]2CC[C@H](CNS(=O)(=O)c3ccc(F)cc3Cl)CC2)nc2ccccc12. The molecule has 0 aliphatic heterocycles. The maximum Gasteiger partial charge on any atom is 0.242 e. The van der Waals surface area contributed by atoms with E-state index in [4.69, 9.17) is 16.6 Å². The molecule has 2 N–H and O–H groups in total. The van der Waals surface area contributed by atoms with Gasteiger partial charge >= 0.3 is 0 Å². The van der Waals surface area contributed by atoms with Gasteiger partial charge in [-0.15, -0.1) is 0 Å². The Morgan fingerprint density at radius 3 is 2.38 bits per heavy atom. The molecule has 34 heavy (non-hydrogen) atoms. The number of benzene rings is 2. The van der Waals surface area contributed by atoms with Crippen molar-refractivity contribution in [2.45, 2.75) is 30.6 Å². The van der Waals surface area contributed by atoms with Gasteiger partial charge in [-0.3, -0.25) is 0 Å². The molecular weight excluding hydrogens is 477 g/mol. The summed E-state index contributed by atoms with van der Waals surface area (Å²) in [5.74, 6) is 1.65. The van der Waals surface area contributed by atoms with Crippen molar-refractivity contribution < 1.29 is 12.8 Å². The van der Waals surface area contributed by atoms with Crippen LogP contribution in [0.2, 0.25) is 5.02 Å². The lowest BCUT2D eigenvalue weighted by Crippen LogP contribution is -2.32. The first-order valence-electron chi connectivity index (χ1n) is 11.4. The average molecular weight is 506 g/mol. The number of sulfonamides is 1. The van der Waals surface area contributed by atoms with Crippen molar-refractivity contribution >= 4 is 44.3 Å². The van der Waals surface area contributed by atoms with Gasteiger partial charge in [-0.1, -0.05) is 23.7 Å². The zero-order chi connectivity index (χ0) is 24.3. The first-order chi connectivity index (χ1) is 16.2. The summed E-state index contributed by atoms with van der Waals surface area (Å²) in [4.78, 5) is 11.2. The Morgan fingerprint density at radius 2 is 1.71 bits per heavy atom. The van der Waals surface area contributed by atoms with E-state index in [1.165, 1.54) is 6.07 Å². The Labute approximate surface area is 204 Å². The standard InChI is InChI=1S/C24H29ClFN5O2S/c1-31(2)23-19-5-3-4-6-21(19)29-24(30-23)27-14-16-7-9-17(10-8-16)15-28-34(32,33)22-12-11-18(26)13-20(22)25/h3-6,11-13,16-17,28H,7-10,14-15H2,1-2H3,(H,27,29,30)/t16-,17-. The minimum Gasteiger partial charge on any atom is -0.362 e. The van der Waals surface area contributed by atoms with Gasteiger partial charge in [0.1, 0.15) is 16.5 Å². The van der Waals surface area contributed by atoms with Crippen LogP contribution in [0.25, 0.3) is 10.9 Å². The number of nitrogens with zero attached hydrogens (tertiary/aromatic N) is 3. The molecule has 0 atom stereocenters. The third kappa shape index (κ3) is 5.76. The fourth-order valence-corrected chi connectivity index (χ4v) is 6.00. The summed E-state index contributed by atoms with van der Waals surface area (Å²) in [5.41, 5.74) is 0.904. The van der Waals surface area contributed by atoms with Crippen LogP contribution in [0.4, 0.5) is 16.2 Å². The van der Waals surface area contributed by atoms with Crippen LogP contribution in [0, 0.1) is 17.7 Å². The third-order valence-corrected chi connectivity index (χ3v) is 8.17. The summed E-state index contributed by atoms with van der Waals surface area (Å²) >= 11 is 5.92. The van der Waals surface area contributed by atoms with Gasteiger partial charge in [0.05, 0.1) is 10.5 Å². The average Bonchev–Trinajstić information content (AvgIpc) is 2.81. The molecule has 0 amide bonds. The highest BCUT2D eigenvalue weighted by molar-refractivity contribution is 7.89. The highest BCUT2D eigenvalue weighted by atomic mass is 35.5. The summed E-state index contributed by atoms with van der Waals surface area (Å²) < 4.78 is 41.0. The lowest BCUT2D eigenvalue weighted by Gasteiger charge is -2.29. The van der Waals surface area contributed by atoms with Crippen LogP contribution in [-0.2, 0) is 10.0 Å². The molecule has 1 aliphatic rings. The zero-order valence-corrected chi connectivity index (χ0v) is 20.8. The van der Waals surface area contributed by atoms with E-state index in [2.05, 4.69) is 15.0 Å². The van der Waals surface area contributed by atoms with Crippen molar-refractivity contribution in [1.29, 1.82) is 0 Å². The van der Waals surface area contributed by atoms with Crippen LogP contribution in [0.5, 0.6) is 0 Å². The highest BCUT2D eigenvalue weighted by Crippen LogP contribution is 2.30. The number of hydrogen-bond donors (Lipinski definition) is 2. The predicted octanol–water partition coefficient (Wildman–Crippen LogP) is 4.69. The Balaban J connectivity index is 1.29. The molecular formula is C24H29ClFN5O2S. The Bertz CT molecular complexity index is 1260. The van der Waals surface area contributed by atoms with Crippen LogP contribution in [0.3, 0.4) is 0 Å². The van der Waals surface area contributed by atoms with E-state index in [0.717, 1.165) is 61.1 Å². The topological polar surface area (TPSA) is 87.2 Å². The molecule has 1 saturated carbocycles. The molecule has 10 heteroatoms. The lowest BCUT2D eigenvalue weighted by atomic mass is 9.82. The minimum atomic E-state index is -3.78. The number of anilines is 2. The number of nitrogens with one attached hydrogen (secondary N) is 2. The number of fused-ring (bicyclic) bond motifs is 1. The Kier molecular flexibility index (Phi) is 7.54. The number of hydrogen-bond acceptors (Lipinski definition) is 6. The van der Waals surface area contributed by atoms with Gasteiger partial charge in [-0.05, 0) is 67.9 Å². The van der Waals surface area contributed by atoms with Gasteiger partial charge in [0.15, 0.2) is 0 Å². The molecule has 0 radical (unpaired) electrons. The van der Waals surface area contributed by atoms with Crippen molar-refractivity contribution in [1.82, 2.24) is 14.7 Å². The van der Waals surface area contributed by atoms with Gasteiger partial charge in [0.2, 0.25) is 16.0 Å². The fourth-order valence-electron chi connectivity index (χ4n) is 4.35. The second-order valence-electron chi connectivity index (χ2n) is 8.98. The summed E-state index contributed by atoms with van der Waals surface area (Å²) in [6.45, 7) is 1.12. The van der Waals surface area contributed by atoms with E-state index >= 15 is 0 Å². The smallest absolute Gasteiger partial charge is 0.242 e. The van der Waals surface area contributed by atoms with Crippen molar-refractivity contribution in [3.8, 4) is 0 Å². The Morgan fingerprint density at radius 1 is 1.03 bits per heavy atom. The van der Waals surface area contributed by atoms with Gasteiger partial charge < -0.3 is 10.2 Å². The molecule has 1 aliphatic carbocycles. The molecule has 1 fully saturated rings. The second kappa shape index (κ2) is 10.4. The lowest BCUT2D eigenvalue weighted by molar-refractivity contribution is 0.284. The summed E-state index contributed by atoms with van der Waals surface area (Å²) in [6, 6.07) is 11.3. The molecule has 0 bridgehead atoms. The quantitative estimate of drug-likeness (QED) is 0.462. The van der Waals surface area contributed by atoms with Crippen LogP contribution in [-0.4, -0.2) is 45.6 Å². The number of para-hydroxylation sites is 1. The van der Waals surface area contributed by atoms with Crippen LogP contribution in [0.1, 0.15) is 25.7 Å². The maximum absolute atomic E-state index is 13.2. The van der Waals surface area contributed by atoms with E-state index in [-0.39, 0.29) is 15.8 Å². The fraction of sp³-hybridized carbons (Fsp3) is 0.417. The van der Waals surface area contributed by atoms with Crippen molar-refractivity contribution in [3.05, 3.63) is 53.3 Å². The largest absolute Gasteiger partial charge is 0.362 e. The van der Waals surface area contributed by atoms with Crippen LogP contribution >= 0.6 is 11.6 Å². The summed E-state index contributed by atoms with van der Waals surface area (Å²) in [5, 5.41) is 4.30. The first kappa shape index (κ1) is 24.6. The van der Waals surface area contributed by atoms with Crippen molar-refractivity contribution in [2.75, 3.05) is 37.4 Å². The minimum absolute atomic E-state index is 0.0964. The molecule has 7 nitrogen and oxygen atoms in total. The molecule has 0 unspecified atom stereocenters. The molecule has 2 aromatic carbocycles. The first-order valence-corrected chi connectivity index (χ1v) is 13.2. The van der Waals surface area contributed by atoms with E-state index < -0.39 is 15.8 Å². The predicted molar refractivity (Wildman–Crippen MR) is 134 cm³/mol. The van der Waals surface area contributed by atoms with E-state index in [0.29, 0.717) is 18.4 Å². The van der Waals surface area contributed by atoms with Gasteiger partial charge in [-0.25, -0.2) is 22.5 Å². The van der Waals surface area contributed by atoms with Crippen molar-refractivity contribution in [2.24, 2.45) is 11.8 Å². The summed E-state index contributed by atoms with van der Waals surface area (Å²) in [6.07, 6.45) is 3.83. The van der Waals surface area contributed by atoms with Crippen LogP contribution < -0.4 is 14.9 Å².